The van der Waals surface area contributed by atoms with Crippen molar-refractivity contribution in [3.63, 3.8) is 0 Å². The summed E-state index contributed by atoms with van der Waals surface area (Å²) in [5, 5.41) is 0. The molecule has 2 N–H and O–H groups in total. The van der Waals surface area contributed by atoms with Crippen LogP contribution < -0.4 is 10.6 Å². The van der Waals surface area contributed by atoms with Crippen LogP contribution in [0.25, 0.3) is 0 Å². The van der Waals surface area contributed by atoms with Gasteiger partial charge >= 0.3 is 0 Å². The molecule has 0 amide bonds. The predicted molar refractivity (Wildman–Crippen MR) is 58.9 cm³/mol. The smallest absolute Gasteiger partial charge is 0.151 e. The van der Waals surface area contributed by atoms with Gasteiger partial charge in [0.2, 0.25) is 0 Å². The molecule has 0 spiro atoms. The Balaban J connectivity index is 3.23. The Kier molecular flexibility index (Phi) is 3.50. The molecular weight excluding hydrogens is 198 g/mol. The lowest BCUT2D eigenvalue weighted by Gasteiger charge is -2.28. The zero-order valence-corrected chi connectivity index (χ0v) is 9.22. The number of rotatable bonds is 3. The molecule has 0 bridgehead atoms. The molecule has 0 saturated carbocycles. The first-order valence-electron chi connectivity index (χ1n) is 4.98. The second-order valence-corrected chi connectivity index (χ2v) is 3.71. The van der Waals surface area contributed by atoms with Crippen molar-refractivity contribution < 1.29 is 8.78 Å². The second kappa shape index (κ2) is 4.47. The van der Waals surface area contributed by atoms with Crippen molar-refractivity contribution in [1.29, 1.82) is 0 Å². The van der Waals surface area contributed by atoms with Gasteiger partial charge in [-0.2, -0.15) is 0 Å². The molecule has 0 radical (unpaired) electrons. The molecule has 0 aliphatic rings. The number of benzene rings is 1. The third kappa shape index (κ3) is 2.37. The van der Waals surface area contributed by atoms with Gasteiger partial charge in [-0.05, 0) is 32.9 Å². The molecule has 0 unspecified atom stereocenters. The van der Waals surface area contributed by atoms with Gasteiger partial charge < -0.3 is 10.6 Å². The third-order valence-corrected chi connectivity index (χ3v) is 2.29. The number of hydrogen-bond donors (Lipinski definition) is 1. The number of nitrogen functional groups attached to an aromatic ring is 1. The minimum Gasteiger partial charge on any atom is -0.399 e. The normalized spacial score (nSPS) is 10.8. The quantitative estimate of drug-likeness (QED) is 0.784. The molecule has 1 aromatic rings. The summed E-state index contributed by atoms with van der Waals surface area (Å²) in [6, 6.07) is 2.33. The molecule has 15 heavy (non-hydrogen) atoms. The van der Waals surface area contributed by atoms with Gasteiger partial charge in [0, 0.05) is 18.3 Å². The van der Waals surface area contributed by atoms with E-state index in [0.29, 0.717) is 6.54 Å². The molecule has 2 nitrogen and oxygen atoms in total. The second-order valence-electron chi connectivity index (χ2n) is 3.71. The van der Waals surface area contributed by atoms with Gasteiger partial charge in [-0.3, -0.25) is 0 Å². The summed E-state index contributed by atoms with van der Waals surface area (Å²) in [5.41, 5.74) is 5.45. The Morgan fingerprint density at radius 1 is 1.27 bits per heavy atom. The first kappa shape index (κ1) is 11.8. The van der Waals surface area contributed by atoms with Crippen LogP contribution >= 0.6 is 0 Å². The SMILES string of the molecule is CCN(c1c(F)cc(N)cc1F)C(C)C. The zero-order valence-electron chi connectivity index (χ0n) is 9.22. The van der Waals surface area contributed by atoms with Crippen molar-refractivity contribution in [2.75, 3.05) is 17.2 Å². The molecule has 1 aromatic carbocycles. The van der Waals surface area contributed by atoms with E-state index in [1.165, 1.54) is 0 Å². The minimum atomic E-state index is -0.608. The summed E-state index contributed by atoms with van der Waals surface area (Å²) >= 11 is 0. The average molecular weight is 214 g/mol. The van der Waals surface area contributed by atoms with E-state index in [4.69, 9.17) is 5.73 Å². The molecule has 84 valence electrons. The van der Waals surface area contributed by atoms with Crippen LogP contribution in [0, 0.1) is 11.6 Å². The Morgan fingerprint density at radius 2 is 1.73 bits per heavy atom. The maximum atomic E-state index is 13.5. The molecule has 0 atom stereocenters. The van der Waals surface area contributed by atoms with E-state index >= 15 is 0 Å². The van der Waals surface area contributed by atoms with Crippen LogP contribution in [0.4, 0.5) is 20.2 Å². The van der Waals surface area contributed by atoms with E-state index < -0.39 is 11.6 Å². The lowest BCUT2D eigenvalue weighted by atomic mass is 10.2. The molecule has 0 aliphatic carbocycles. The number of hydrogen-bond acceptors (Lipinski definition) is 2. The Morgan fingerprint density at radius 3 is 2.07 bits per heavy atom. The lowest BCUT2D eigenvalue weighted by Crippen LogP contribution is -2.32. The molecule has 0 saturated heterocycles. The van der Waals surface area contributed by atoms with Gasteiger partial charge in [0.1, 0.15) is 5.69 Å². The number of nitrogens with two attached hydrogens (primary N) is 1. The summed E-state index contributed by atoms with van der Waals surface area (Å²) in [7, 11) is 0. The number of halogens is 2. The highest BCUT2D eigenvalue weighted by Gasteiger charge is 2.18. The molecule has 1 rings (SSSR count). The summed E-state index contributed by atoms with van der Waals surface area (Å²) in [5.74, 6) is -1.22. The van der Waals surface area contributed by atoms with Crippen molar-refractivity contribution in [3.05, 3.63) is 23.8 Å². The first-order chi connectivity index (χ1) is 6.97. The fourth-order valence-electron chi connectivity index (χ4n) is 1.64. The third-order valence-electron chi connectivity index (χ3n) is 2.29. The Bertz CT molecular complexity index is 327. The van der Waals surface area contributed by atoms with E-state index in [2.05, 4.69) is 0 Å². The Hall–Kier alpha value is -1.32. The van der Waals surface area contributed by atoms with Gasteiger partial charge in [-0.25, -0.2) is 8.78 Å². The maximum absolute atomic E-state index is 13.5. The molecule has 0 aromatic heterocycles. The minimum absolute atomic E-state index is 0.00157. The van der Waals surface area contributed by atoms with E-state index in [1.807, 2.05) is 20.8 Å². The molecular formula is C11H16F2N2. The van der Waals surface area contributed by atoms with Crippen LogP contribution in [0.5, 0.6) is 0 Å². The molecule has 4 heteroatoms. The number of anilines is 2. The summed E-state index contributed by atoms with van der Waals surface area (Å²) in [4.78, 5) is 1.66. The monoisotopic (exact) mass is 214 g/mol. The van der Waals surface area contributed by atoms with Crippen LogP contribution in [-0.4, -0.2) is 12.6 Å². The fourth-order valence-corrected chi connectivity index (χ4v) is 1.64. The highest BCUT2D eigenvalue weighted by atomic mass is 19.1. The molecule has 0 heterocycles. The van der Waals surface area contributed by atoms with Crippen LogP contribution in [0.1, 0.15) is 20.8 Å². The average Bonchev–Trinajstić information content (AvgIpc) is 2.09. The van der Waals surface area contributed by atoms with Crippen molar-refractivity contribution in [1.82, 2.24) is 0 Å². The standard InChI is InChI=1S/C11H16F2N2/c1-4-15(7(2)3)11-9(12)5-8(14)6-10(11)13/h5-7H,4,14H2,1-3H3. The topological polar surface area (TPSA) is 29.3 Å². The van der Waals surface area contributed by atoms with Crippen molar-refractivity contribution in [2.24, 2.45) is 0 Å². The number of nitrogens with zero attached hydrogens (tertiary/aromatic N) is 1. The van der Waals surface area contributed by atoms with Gasteiger partial charge in [-0.1, -0.05) is 0 Å². The van der Waals surface area contributed by atoms with Crippen molar-refractivity contribution in [3.8, 4) is 0 Å². The van der Waals surface area contributed by atoms with E-state index in [-0.39, 0.29) is 17.4 Å². The summed E-state index contributed by atoms with van der Waals surface area (Å²) in [6.45, 7) is 6.18. The van der Waals surface area contributed by atoms with Crippen LogP contribution in [0.15, 0.2) is 12.1 Å². The van der Waals surface area contributed by atoms with Crippen molar-refractivity contribution >= 4 is 11.4 Å². The summed E-state index contributed by atoms with van der Waals surface area (Å²) in [6.07, 6.45) is 0. The maximum Gasteiger partial charge on any atom is 0.151 e. The van der Waals surface area contributed by atoms with E-state index in [0.717, 1.165) is 12.1 Å². The lowest BCUT2D eigenvalue weighted by molar-refractivity contribution is 0.560. The molecule has 0 fully saturated rings. The summed E-state index contributed by atoms with van der Waals surface area (Å²) < 4.78 is 27.1. The van der Waals surface area contributed by atoms with Gasteiger partial charge in [0.05, 0.1) is 0 Å². The predicted octanol–water partition coefficient (Wildman–Crippen LogP) is 2.78. The van der Waals surface area contributed by atoms with Crippen LogP contribution in [-0.2, 0) is 0 Å². The van der Waals surface area contributed by atoms with Crippen molar-refractivity contribution in [2.45, 2.75) is 26.8 Å². The van der Waals surface area contributed by atoms with Crippen LogP contribution in [0.2, 0.25) is 0 Å². The Labute approximate surface area is 88.7 Å². The first-order valence-corrected chi connectivity index (χ1v) is 4.98. The van der Waals surface area contributed by atoms with Gasteiger partial charge in [0.15, 0.2) is 11.6 Å². The highest BCUT2D eigenvalue weighted by Crippen LogP contribution is 2.27. The highest BCUT2D eigenvalue weighted by molar-refractivity contribution is 5.56. The van der Waals surface area contributed by atoms with Gasteiger partial charge in [-0.15, -0.1) is 0 Å². The molecule has 0 aliphatic heterocycles. The van der Waals surface area contributed by atoms with E-state index in [1.54, 1.807) is 4.90 Å². The largest absolute Gasteiger partial charge is 0.399 e. The van der Waals surface area contributed by atoms with E-state index in [9.17, 15) is 8.78 Å². The zero-order chi connectivity index (χ0) is 11.6. The van der Waals surface area contributed by atoms with Crippen LogP contribution in [0.3, 0.4) is 0 Å². The van der Waals surface area contributed by atoms with Gasteiger partial charge in [0.25, 0.3) is 0 Å². The fraction of sp³-hybridized carbons (Fsp3) is 0.455.